The standard InChI is InChI=1S/C15H20ClNO2/c16-13-8-12(9-14-15(13)19-7-6-18-14)10-17-5-1-2-11-3-4-11/h8-9,11,17H,1-7,10H2. The summed E-state index contributed by atoms with van der Waals surface area (Å²) in [4.78, 5) is 0. The van der Waals surface area contributed by atoms with Crippen LogP contribution >= 0.6 is 11.6 Å². The summed E-state index contributed by atoms with van der Waals surface area (Å²) in [5, 5.41) is 4.11. The van der Waals surface area contributed by atoms with Gasteiger partial charge in [-0.15, -0.1) is 0 Å². The molecule has 0 bridgehead atoms. The van der Waals surface area contributed by atoms with Crippen molar-refractivity contribution in [3.8, 4) is 11.5 Å². The number of rotatable bonds is 6. The summed E-state index contributed by atoms with van der Waals surface area (Å²) in [7, 11) is 0. The zero-order chi connectivity index (χ0) is 13.1. The zero-order valence-corrected chi connectivity index (χ0v) is 11.8. The van der Waals surface area contributed by atoms with Crippen molar-refractivity contribution < 1.29 is 9.47 Å². The Morgan fingerprint density at radius 3 is 2.89 bits per heavy atom. The van der Waals surface area contributed by atoms with Crippen LogP contribution < -0.4 is 14.8 Å². The van der Waals surface area contributed by atoms with Gasteiger partial charge in [-0.05, 0) is 43.0 Å². The van der Waals surface area contributed by atoms with Crippen molar-refractivity contribution in [2.24, 2.45) is 5.92 Å². The molecule has 104 valence electrons. The van der Waals surface area contributed by atoms with Crippen LogP contribution in [-0.2, 0) is 6.54 Å². The lowest BCUT2D eigenvalue weighted by molar-refractivity contribution is 0.171. The van der Waals surface area contributed by atoms with E-state index in [1.54, 1.807) is 0 Å². The first kappa shape index (κ1) is 13.1. The predicted octanol–water partition coefficient (Wildman–Crippen LogP) is 3.39. The predicted molar refractivity (Wildman–Crippen MR) is 76.1 cm³/mol. The van der Waals surface area contributed by atoms with Gasteiger partial charge in [0.15, 0.2) is 11.5 Å². The average Bonchev–Trinajstić information content (AvgIpc) is 3.23. The van der Waals surface area contributed by atoms with Gasteiger partial charge in [-0.25, -0.2) is 0 Å². The molecule has 3 nitrogen and oxygen atoms in total. The van der Waals surface area contributed by atoms with E-state index in [9.17, 15) is 0 Å². The molecule has 1 aromatic carbocycles. The van der Waals surface area contributed by atoms with Crippen molar-refractivity contribution in [2.45, 2.75) is 32.2 Å². The Labute approximate surface area is 119 Å². The summed E-state index contributed by atoms with van der Waals surface area (Å²) >= 11 is 6.20. The summed E-state index contributed by atoms with van der Waals surface area (Å²) in [5.74, 6) is 2.48. The molecule has 0 atom stereocenters. The van der Waals surface area contributed by atoms with Crippen molar-refractivity contribution in [2.75, 3.05) is 19.8 Å². The van der Waals surface area contributed by atoms with Gasteiger partial charge >= 0.3 is 0 Å². The number of nitrogens with one attached hydrogen (secondary N) is 1. The molecule has 1 aliphatic carbocycles. The van der Waals surface area contributed by atoms with Gasteiger partial charge < -0.3 is 14.8 Å². The number of fused-ring (bicyclic) bond motifs is 1. The molecule has 0 radical (unpaired) electrons. The van der Waals surface area contributed by atoms with E-state index in [0.29, 0.717) is 24.0 Å². The summed E-state index contributed by atoms with van der Waals surface area (Å²) < 4.78 is 11.1. The van der Waals surface area contributed by atoms with Crippen molar-refractivity contribution >= 4 is 11.6 Å². The summed E-state index contributed by atoms with van der Waals surface area (Å²) in [6, 6.07) is 3.98. The second kappa shape index (κ2) is 6.02. The number of benzene rings is 1. The maximum Gasteiger partial charge on any atom is 0.179 e. The molecule has 1 fully saturated rings. The quantitative estimate of drug-likeness (QED) is 0.811. The normalized spacial score (nSPS) is 17.5. The third-order valence-electron chi connectivity index (χ3n) is 3.65. The smallest absolute Gasteiger partial charge is 0.179 e. The molecule has 1 heterocycles. The van der Waals surface area contributed by atoms with Crippen molar-refractivity contribution in [1.29, 1.82) is 0 Å². The monoisotopic (exact) mass is 281 g/mol. The molecular formula is C15H20ClNO2. The van der Waals surface area contributed by atoms with Gasteiger partial charge in [-0.2, -0.15) is 0 Å². The Morgan fingerprint density at radius 2 is 2.05 bits per heavy atom. The van der Waals surface area contributed by atoms with Crippen LogP contribution in [0.15, 0.2) is 12.1 Å². The Kier molecular flexibility index (Phi) is 4.14. The first-order valence-corrected chi connectivity index (χ1v) is 7.49. The van der Waals surface area contributed by atoms with E-state index in [0.717, 1.165) is 30.3 Å². The van der Waals surface area contributed by atoms with Crippen LogP contribution in [0.25, 0.3) is 0 Å². The second-order valence-electron chi connectivity index (χ2n) is 5.36. The van der Waals surface area contributed by atoms with Crippen molar-refractivity contribution in [1.82, 2.24) is 5.32 Å². The van der Waals surface area contributed by atoms with Crippen LogP contribution in [-0.4, -0.2) is 19.8 Å². The highest BCUT2D eigenvalue weighted by atomic mass is 35.5. The Hall–Kier alpha value is -0.930. The van der Waals surface area contributed by atoms with Gasteiger partial charge in [0.1, 0.15) is 13.2 Å². The second-order valence-corrected chi connectivity index (χ2v) is 5.77. The fraction of sp³-hybridized carbons (Fsp3) is 0.600. The lowest BCUT2D eigenvalue weighted by atomic mass is 10.2. The van der Waals surface area contributed by atoms with Crippen LogP contribution in [0.4, 0.5) is 0 Å². The molecule has 19 heavy (non-hydrogen) atoms. The summed E-state index contributed by atoms with van der Waals surface area (Å²) in [6.45, 7) is 3.08. The number of halogens is 1. The molecule has 0 saturated heterocycles. The fourth-order valence-corrected chi connectivity index (χ4v) is 2.71. The molecule has 4 heteroatoms. The highest BCUT2D eigenvalue weighted by Crippen LogP contribution is 2.38. The average molecular weight is 282 g/mol. The van der Waals surface area contributed by atoms with E-state index in [4.69, 9.17) is 21.1 Å². The Balaban J connectivity index is 1.50. The minimum Gasteiger partial charge on any atom is -0.486 e. The van der Waals surface area contributed by atoms with Gasteiger partial charge in [0, 0.05) is 6.54 Å². The van der Waals surface area contributed by atoms with Crippen LogP contribution in [0.1, 0.15) is 31.2 Å². The highest BCUT2D eigenvalue weighted by Gasteiger charge is 2.20. The van der Waals surface area contributed by atoms with Gasteiger partial charge in [0.25, 0.3) is 0 Å². The first-order valence-electron chi connectivity index (χ1n) is 7.11. The minimum absolute atomic E-state index is 0.575. The number of hydrogen-bond donors (Lipinski definition) is 1. The number of ether oxygens (including phenoxy) is 2. The molecule has 1 N–H and O–H groups in total. The molecular weight excluding hydrogens is 262 g/mol. The van der Waals surface area contributed by atoms with Crippen molar-refractivity contribution in [3.63, 3.8) is 0 Å². The number of hydrogen-bond acceptors (Lipinski definition) is 3. The fourth-order valence-electron chi connectivity index (χ4n) is 2.42. The lowest BCUT2D eigenvalue weighted by Crippen LogP contribution is -2.18. The molecule has 2 aliphatic rings. The van der Waals surface area contributed by atoms with Gasteiger partial charge in [-0.3, -0.25) is 0 Å². The van der Waals surface area contributed by atoms with E-state index in [1.807, 2.05) is 12.1 Å². The van der Waals surface area contributed by atoms with E-state index in [-0.39, 0.29) is 0 Å². The molecule has 0 unspecified atom stereocenters. The van der Waals surface area contributed by atoms with Crippen LogP contribution in [0, 0.1) is 5.92 Å². The van der Waals surface area contributed by atoms with Crippen LogP contribution in [0.3, 0.4) is 0 Å². The Bertz CT molecular complexity index is 446. The van der Waals surface area contributed by atoms with E-state index in [2.05, 4.69) is 5.32 Å². The van der Waals surface area contributed by atoms with E-state index < -0.39 is 0 Å². The zero-order valence-electron chi connectivity index (χ0n) is 11.1. The maximum absolute atomic E-state index is 6.20. The third kappa shape index (κ3) is 3.54. The molecule has 0 amide bonds. The molecule has 1 aromatic rings. The topological polar surface area (TPSA) is 30.5 Å². The molecule has 1 saturated carbocycles. The summed E-state index contributed by atoms with van der Waals surface area (Å²) in [5.41, 5.74) is 1.15. The lowest BCUT2D eigenvalue weighted by Gasteiger charge is -2.20. The molecule has 0 spiro atoms. The minimum atomic E-state index is 0.575. The summed E-state index contributed by atoms with van der Waals surface area (Å²) in [6.07, 6.45) is 5.52. The van der Waals surface area contributed by atoms with Crippen molar-refractivity contribution in [3.05, 3.63) is 22.7 Å². The van der Waals surface area contributed by atoms with Crippen LogP contribution in [0.5, 0.6) is 11.5 Å². The van der Waals surface area contributed by atoms with Crippen LogP contribution in [0.2, 0.25) is 5.02 Å². The SMILES string of the molecule is Clc1cc(CNCCCC2CC2)cc2c1OCCO2. The maximum atomic E-state index is 6.20. The molecule has 0 aromatic heterocycles. The highest BCUT2D eigenvalue weighted by molar-refractivity contribution is 6.32. The van der Waals surface area contributed by atoms with Gasteiger partial charge in [0.05, 0.1) is 5.02 Å². The molecule has 3 rings (SSSR count). The van der Waals surface area contributed by atoms with E-state index in [1.165, 1.54) is 25.7 Å². The largest absolute Gasteiger partial charge is 0.486 e. The van der Waals surface area contributed by atoms with Gasteiger partial charge in [0.2, 0.25) is 0 Å². The first-order chi connectivity index (χ1) is 9.33. The Morgan fingerprint density at radius 1 is 1.21 bits per heavy atom. The molecule has 1 aliphatic heterocycles. The third-order valence-corrected chi connectivity index (χ3v) is 3.93. The van der Waals surface area contributed by atoms with Gasteiger partial charge in [-0.1, -0.05) is 24.4 Å². The van der Waals surface area contributed by atoms with E-state index >= 15 is 0 Å².